The van der Waals surface area contributed by atoms with Crippen molar-refractivity contribution < 1.29 is 0 Å². The molecular formula is C15H12N2. The van der Waals surface area contributed by atoms with Gasteiger partial charge in [0.1, 0.15) is 0 Å². The molecule has 0 aliphatic heterocycles. The monoisotopic (exact) mass is 220 g/mol. The topological polar surface area (TPSA) is 28.7 Å². The molecule has 0 fully saturated rings. The highest BCUT2D eigenvalue weighted by Crippen LogP contribution is 2.19. The van der Waals surface area contributed by atoms with Crippen LogP contribution in [0.2, 0.25) is 0 Å². The van der Waals surface area contributed by atoms with Crippen LogP contribution in [-0.2, 0) is 0 Å². The normalized spacial score (nSPS) is 11.3. The van der Waals surface area contributed by atoms with Gasteiger partial charge in [0.2, 0.25) is 0 Å². The van der Waals surface area contributed by atoms with E-state index in [1.54, 1.807) is 12.4 Å². The smallest absolute Gasteiger partial charge is 0.0460 e. The zero-order chi connectivity index (χ0) is 11.5. The van der Waals surface area contributed by atoms with Crippen LogP contribution in [0.1, 0.15) is 11.1 Å². The minimum atomic E-state index is 1.16. The maximum atomic E-state index is 4.00. The van der Waals surface area contributed by atoms with Crippen LogP contribution in [0.5, 0.6) is 0 Å². The van der Waals surface area contributed by atoms with Gasteiger partial charge >= 0.3 is 0 Å². The van der Waals surface area contributed by atoms with E-state index in [2.05, 4.69) is 40.3 Å². The van der Waals surface area contributed by atoms with Crippen molar-refractivity contribution in [1.82, 2.24) is 9.97 Å². The summed E-state index contributed by atoms with van der Waals surface area (Å²) in [5.41, 5.74) is 3.53. The number of pyridine rings is 1. The molecule has 2 aromatic heterocycles. The van der Waals surface area contributed by atoms with Crippen molar-refractivity contribution in [2.24, 2.45) is 0 Å². The average Bonchev–Trinajstić information content (AvgIpc) is 2.81. The number of fused-ring (bicyclic) bond motifs is 1. The van der Waals surface area contributed by atoms with E-state index in [1.165, 1.54) is 16.5 Å². The van der Waals surface area contributed by atoms with Crippen LogP contribution in [0.15, 0.2) is 55.0 Å². The summed E-state index contributed by atoms with van der Waals surface area (Å²) in [5.74, 6) is 0. The minimum Gasteiger partial charge on any atom is -0.361 e. The van der Waals surface area contributed by atoms with Crippen LogP contribution in [0.25, 0.3) is 23.1 Å². The molecule has 0 saturated heterocycles. The van der Waals surface area contributed by atoms with Gasteiger partial charge in [-0.25, -0.2) is 0 Å². The zero-order valence-corrected chi connectivity index (χ0v) is 9.30. The molecular weight excluding hydrogens is 208 g/mol. The lowest BCUT2D eigenvalue weighted by Gasteiger charge is -1.92. The van der Waals surface area contributed by atoms with Crippen LogP contribution in [0, 0.1) is 0 Å². The summed E-state index contributed by atoms with van der Waals surface area (Å²) in [7, 11) is 0. The molecule has 0 radical (unpaired) electrons. The molecule has 3 rings (SSSR count). The number of aromatic amines is 1. The van der Waals surface area contributed by atoms with Gasteiger partial charge in [-0.3, -0.25) is 4.98 Å². The van der Waals surface area contributed by atoms with Gasteiger partial charge in [0.15, 0.2) is 0 Å². The third-order valence-corrected chi connectivity index (χ3v) is 2.78. The van der Waals surface area contributed by atoms with Crippen molar-refractivity contribution in [3.63, 3.8) is 0 Å². The van der Waals surface area contributed by atoms with Gasteiger partial charge in [0.25, 0.3) is 0 Å². The summed E-state index contributed by atoms with van der Waals surface area (Å²) in [6, 6.07) is 12.3. The molecule has 2 heteroatoms. The first-order valence-corrected chi connectivity index (χ1v) is 5.58. The van der Waals surface area contributed by atoms with Crippen molar-refractivity contribution in [2.45, 2.75) is 0 Å². The quantitative estimate of drug-likeness (QED) is 0.700. The Labute approximate surface area is 99.6 Å². The summed E-state index contributed by atoms with van der Waals surface area (Å²) in [4.78, 5) is 7.26. The van der Waals surface area contributed by atoms with Gasteiger partial charge in [-0.15, -0.1) is 0 Å². The fourth-order valence-corrected chi connectivity index (χ4v) is 1.89. The predicted octanol–water partition coefficient (Wildman–Crippen LogP) is 3.73. The van der Waals surface area contributed by atoms with E-state index in [4.69, 9.17) is 0 Å². The molecule has 0 spiro atoms. The van der Waals surface area contributed by atoms with E-state index in [1.807, 2.05) is 24.4 Å². The van der Waals surface area contributed by atoms with Crippen LogP contribution in [-0.4, -0.2) is 9.97 Å². The molecule has 0 amide bonds. The summed E-state index contributed by atoms with van der Waals surface area (Å²) < 4.78 is 0. The van der Waals surface area contributed by atoms with Gasteiger partial charge in [-0.2, -0.15) is 0 Å². The lowest BCUT2D eigenvalue weighted by molar-refractivity contribution is 1.32. The van der Waals surface area contributed by atoms with Gasteiger partial charge in [0.05, 0.1) is 0 Å². The Bertz CT molecular complexity index is 651. The van der Waals surface area contributed by atoms with Crippen molar-refractivity contribution >= 4 is 23.1 Å². The molecule has 1 N–H and O–H groups in total. The SMILES string of the molecule is C(=C\c1c[nH]c2ccccc12)/c1ccncc1. The van der Waals surface area contributed by atoms with Crippen LogP contribution >= 0.6 is 0 Å². The lowest BCUT2D eigenvalue weighted by Crippen LogP contribution is -1.72. The highest BCUT2D eigenvalue weighted by molar-refractivity contribution is 5.91. The Morgan fingerprint density at radius 1 is 0.941 bits per heavy atom. The second-order valence-electron chi connectivity index (χ2n) is 3.90. The summed E-state index contributed by atoms with van der Waals surface area (Å²) in [5, 5.41) is 1.25. The summed E-state index contributed by atoms with van der Waals surface area (Å²) >= 11 is 0. The first-order valence-electron chi connectivity index (χ1n) is 5.58. The van der Waals surface area contributed by atoms with Crippen molar-refractivity contribution in [3.8, 4) is 0 Å². The molecule has 0 unspecified atom stereocenters. The van der Waals surface area contributed by atoms with Crippen molar-refractivity contribution in [1.29, 1.82) is 0 Å². The predicted molar refractivity (Wildman–Crippen MR) is 71.5 cm³/mol. The van der Waals surface area contributed by atoms with Crippen molar-refractivity contribution in [2.75, 3.05) is 0 Å². The lowest BCUT2D eigenvalue weighted by atomic mass is 10.1. The van der Waals surface area contributed by atoms with E-state index in [-0.39, 0.29) is 0 Å². The Kier molecular flexibility index (Phi) is 2.47. The molecule has 0 saturated carbocycles. The van der Waals surface area contributed by atoms with Crippen LogP contribution in [0.4, 0.5) is 0 Å². The fourth-order valence-electron chi connectivity index (χ4n) is 1.89. The summed E-state index contributed by atoms with van der Waals surface area (Å²) in [6.07, 6.45) is 9.84. The molecule has 2 heterocycles. The number of hydrogen-bond acceptors (Lipinski definition) is 1. The molecule has 0 aliphatic rings. The average molecular weight is 220 g/mol. The first-order chi connectivity index (χ1) is 8.43. The largest absolute Gasteiger partial charge is 0.361 e. The van der Waals surface area contributed by atoms with E-state index in [9.17, 15) is 0 Å². The summed E-state index contributed by atoms with van der Waals surface area (Å²) in [6.45, 7) is 0. The first kappa shape index (κ1) is 9.85. The maximum Gasteiger partial charge on any atom is 0.0460 e. The Hall–Kier alpha value is -2.35. The van der Waals surface area contributed by atoms with Crippen LogP contribution < -0.4 is 0 Å². The maximum absolute atomic E-state index is 4.00. The highest BCUT2D eigenvalue weighted by Gasteiger charge is 1.98. The Morgan fingerprint density at radius 2 is 1.76 bits per heavy atom. The van der Waals surface area contributed by atoms with Gasteiger partial charge in [0, 0.05) is 29.5 Å². The number of para-hydroxylation sites is 1. The fraction of sp³-hybridized carbons (Fsp3) is 0. The number of H-pyrrole nitrogens is 1. The second kappa shape index (κ2) is 4.26. The van der Waals surface area contributed by atoms with Gasteiger partial charge < -0.3 is 4.98 Å². The van der Waals surface area contributed by atoms with E-state index in [0.29, 0.717) is 0 Å². The number of nitrogens with zero attached hydrogens (tertiary/aromatic N) is 1. The van der Waals surface area contributed by atoms with E-state index in [0.717, 1.165) is 5.56 Å². The number of benzene rings is 1. The zero-order valence-electron chi connectivity index (χ0n) is 9.30. The van der Waals surface area contributed by atoms with Gasteiger partial charge in [-0.1, -0.05) is 30.4 Å². The molecule has 82 valence electrons. The van der Waals surface area contributed by atoms with Crippen LogP contribution in [0.3, 0.4) is 0 Å². The standard InChI is InChI=1S/C15H12N2/c1-2-4-15-14(3-1)13(11-17-15)6-5-12-7-9-16-10-8-12/h1-11,17H/b6-5+. The van der Waals surface area contributed by atoms with E-state index < -0.39 is 0 Å². The number of nitrogens with one attached hydrogen (secondary N) is 1. The minimum absolute atomic E-state index is 1.16. The number of aromatic nitrogens is 2. The molecule has 1 aromatic carbocycles. The second-order valence-corrected chi connectivity index (χ2v) is 3.90. The Morgan fingerprint density at radius 3 is 2.65 bits per heavy atom. The van der Waals surface area contributed by atoms with E-state index >= 15 is 0 Å². The third kappa shape index (κ3) is 1.97. The van der Waals surface area contributed by atoms with Gasteiger partial charge in [-0.05, 0) is 29.3 Å². The Balaban J connectivity index is 1.98. The highest BCUT2D eigenvalue weighted by atomic mass is 14.7. The number of hydrogen-bond donors (Lipinski definition) is 1. The molecule has 2 nitrogen and oxygen atoms in total. The third-order valence-electron chi connectivity index (χ3n) is 2.78. The van der Waals surface area contributed by atoms with Crippen molar-refractivity contribution in [3.05, 3.63) is 66.1 Å². The molecule has 0 atom stereocenters. The molecule has 3 aromatic rings. The molecule has 0 aliphatic carbocycles. The number of rotatable bonds is 2. The molecule has 17 heavy (non-hydrogen) atoms. The molecule has 0 bridgehead atoms.